The third kappa shape index (κ3) is 4.19. The first kappa shape index (κ1) is 24.6. The lowest BCUT2D eigenvalue weighted by molar-refractivity contribution is -0.660. The average molecular weight is 508 g/mol. The van der Waals surface area contributed by atoms with Gasteiger partial charge in [0.05, 0.1) is 17.2 Å². The van der Waals surface area contributed by atoms with E-state index >= 15 is 0 Å². The molecule has 0 aliphatic rings. The van der Waals surface area contributed by atoms with Crippen molar-refractivity contribution in [2.24, 2.45) is 7.05 Å². The smallest absolute Gasteiger partial charge is 0.216 e. The molecule has 0 atom stereocenters. The first-order chi connectivity index (χ1) is 18.9. The molecule has 6 aromatic rings. The molecule has 2 heterocycles. The van der Waals surface area contributed by atoms with Gasteiger partial charge in [-0.25, -0.2) is 4.57 Å². The number of aromatic nitrogens is 1. The second-order valence-electron chi connectivity index (χ2n) is 10.8. The lowest BCUT2D eigenvalue weighted by atomic mass is 9.93. The van der Waals surface area contributed by atoms with Gasteiger partial charge in [-0.2, -0.15) is 5.26 Å². The van der Waals surface area contributed by atoms with Crippen molar-refractivity contribution in [1.29, 1.82) is 5.26 Å². The number of rotatable bonds is 4. The summed E-state index contributed by atoms with van der Waals surface area (Å²) in [7, 11) is 2.07. The number of benzene rings is 4. The van der Waals surface area contributed by atoms with Crippen LogP contribution in [0.15, 0.2) is 95.5 Å². The maximum atomic E-state index is 10.1. The summed E-state index contributed by atoms with van der Waals surface area (Å²) in [5, 5.41) is 12.2. The van der Waals surface area contributed by atoms with Gasteiger partial charge < -0.3 is 4.42 Å². The van der Waals surface area contributed by atoms with Crippen LogP contribution in [0.1, 0.15) is 42.0 Å². The van der Waals surface area contributed by atoms with Crippen molar-refractivity contribution in [3.05, 3.63) is 113 Å². The Morgan fingerprint density at radius 3 is 2.13 bits per heavy atom. The second kappa shape index (κ2) is 9.57. The van der Waals surface area contributed by atoms with E-state index in [9.17, 15) is 5.26 Å². The Labute approximate surface area is 229 Å². The van der Waals surface area contributed by atoms with Crippen molar-refractivity contribution in [3.8, 4) is 39.6 Å². The summed E-state index contributed by atoms with van der Waals surface area (Å²) in [6.07, 6.45) is 2.13. The highest BCUT2D eigenvalue weighted by atomic mass is 16.3. The second-order valence-corrected chi connectivity index (χ2v) is 10.8. The quantitative estimate of drug-likeness (QED) is 0.223. The number of hydrogen-bond acceptors (Lipinski definition) is 2. The molecule has 2 aromatic heterocycles. The van der Waals surface area contributed by atoms with Crippen LogP contribution in [0.2, 0.25) is 0 Å². The van der Waals surface area contributed by atoms with Crippen molar-refractivity contribution in [2.75, 3.05) is 0 Å². The highest BCUT2D eigenvalue weighted by Gasteiger charge is 2.23. The maximum absolute atomic E-state index is 10.1. The Morgan fingerprint density at radius 2 is 1.44 bits per heavy atom. The van der Waals surface area contributed by atoms with E-state index in [4.69, 9.17) is 4.42 Å². The van der Waals surface area contributed by atoms with Crippen LogP contribution >= 0.6 is 0 Å². The van der Waals surface area contributed by atoms with Gasteiger partial charge in [-0.15, -0.1) is 0 Å². The predicted octanol–water partition coefficient (Wildman–Crippen LogP) is 9.02. The highest BCUT2D eigenvalue weighted by Crippen LogP contribution is 2.42. The molecular formula is C36H31N2O+. The fourth-order valence-corrected chi connectivity index (χ4v) is 5.62. The van der Waals surface area contributed by atoms with Gasteiger partial charge in [-0.3, -0.25) is 0 Å². The molecule has 190 valence electrons. The predicted molar refractivity (Wildman–Crippen MR) is 159 cm³/mol. The van der Waals surface area contributed by atoms with Crippen molar-refractivity contribution >= 4 is 21.9 Å². The number of fused-ring (bicyclic) bond motifs is 3. The molecule has 0 amide bonds. The van der Waals surface area contributed by atoms with E-state index in [1.54, 1.807) is 0 Å². The van der Waals surface area contributed by atoms with Gasteiger partial charge in [0.2, 0.25) is 5.69 Å². The van der Waals surface area contributed by atoms with E-state index < -0.39 is 0 Å². The maximum Gasteiger partial charge on any atom is 0.216 e. The topological polar surface area (TPSA) is 40.8 Å². The molecule has 0 N–H and O–H groups in total. The van der Waals surface area contributed by atoms with Crippen LogP contribution in [0, 0.1) is 25.2 Å². The molecule has 0 saturated heterocycles. The molecule has 0 aliphatic carbocycles. The van der Waals surface area contributed by atoms with Crippen LogP contribution in [-0.2, 0) is 7.05 Å². The van der Waals surface area contributed by atoms with Gasteiger partial charge in [0.15, 0.2) is 6.20 Å². The summed E-state index contributed by atoms with van der Waals surface area (Å²) in [5.74, 6) is 0.491. The summed E-state index contributed by atoms with van der Waals surface area (Å²) >= 11 is 0. The monoisotopic (exact) mass is 507 g/mol. The molecule has 3 nitrogen and oxygen atoms in total. The number of nitrogens with zero attached hydrogens (tertiary/aromatic N) is 2. The number of furan rings is 1. The van der Waals surface area contributed by atoms with E-state index in [0.717, 1.165) is 61.0 Å². The van der Waals surface area contributed by atoms with Gasteiger partial charge >= 0.3 is 0 Å². The van der Waals surface area contributed by atoms with Crippen LogP contribution < -0.4 is 4.57 Å². The molecule has 4 aromatic carbocycles. The standard InChI is InChI=1S/C36H31N2O/c1-22(2)25-11-13-26(14-12-25)27-7-6-8-28(19-27)34-29(20-37)15-17-31-30-16-10-24(4)33(35(30)39-36(31)34)32-18-9-23(3)21-38(32)5/h6-19,21-22H,1-5H3/q+1. The minimum atomic E-state index is 0.491. The van der Waals surface area contributed by atoms with Crippen molar-refractivity contribution < 1.29 is 8.98 Å². The van der Waals surface area contributed by atoms with Gasteiger partial charge in [0.1, 0.15) is 18.2 Å². The molecule has 39 heavy (non-hydrogen) atoms. The van der Waals surface area contributed by atoms with Gasteiger partial charge in [0, 0.05) is 28.0 Å². The molecule has 0 aliphatic heterocycles. The molecule has 0 fully saturated rings. The number of pyridine rings is 1. The van der Waals surface area contributed by atoms with Crippen LogP contribution in [0.25, 0.3) is 55.4 Å². The largest absolute Gasteiger partial charge is 0.454 e. The van der Waals surface area contributed by atoms with E-state index in [2.05, 4.69) is 124 Å². The van der Waals surface area contributed by atoms with Crippen LogP contribution in [0.5, 0.6) is 0 Å². The molecule has 6 rings (SSSR count). The number of nitriles is 1. The molecular weight excluding hydrogens is 476 g/mol. The number of hydrogen-bond donors (Lipinski definition) is 0. The summed E-state index contributed by atoms with van der Waals surface area (Å²) in [6, 6.07) is 32.1. The van der Waals surface area contributed by atoms with E-state index in [-0.39, 0.29) is 0 Å². The SMILES string of the molecule is Cc1ccc(-c2c(C)ccc3c2oc2c(-c4cccc(-c5ccc(C(C)C)cc5)c4)c(C#N)ccc23)[n+](C)c1. The minimum absolute atomic E-state index is 0.491. The van der Waals surface area contributed by atoms with Crippen LogP contribution in [0.4, 0.5) is 0 Å². The van der Waals surface area contributed by atoms with E-state index in [1.165, 1.54) is 11.1 Å². The Kier molecular flexibility index (Phi) is 6.04. The first-order valence-electron chi connectivity index (χ1n) is 13.4. The van der Waals surface area contributed by atoms with Crippen LogP contribution in [-0.4, -0.2) is 0 Å². The van der Waals surface area contributed by atoms with Gasteiger partial charge in [-0.05, 0) is 71.8 Å². The fraction of sp³-hybridized carbons (Fsp3) is 0.167. The van der Waals surface area contributed by atoms with Crippen molar-refractivity contribution in [2.45, 2.75) is 33.6 Å². The molecule has 0 radical (unpaired) electrons. The van der Waals surface area contributed by atoms with Gasteiger partial charge in [0.25, 0.3) is 0 Å². The zero-order valence-electron chi connectivity index (χ0n) is 23.0. The first-order valence-corrected chi connectivity index (χ1v) is 13.4. The minimum Gasteiger partial charge on any atom is -0.454 e. The third-order valence-corrected chi connectivity index (χ3v) is 7.74. The highest BCUT2D eigenvalue weighted by molar-refractivity contribution is 6.14. The lowest BCUT2D eigenvalue weighted by Crippen LogP contribution is -2.31. The Bertz CT molecular complexity index is 1920. The lowest BCUT2D eigenvalue weighted by Gasteiger charge is -2.10. The number of aryl methyl sites for hydroxylation is 3. The molecule has 0 unspecified atom stereocenters. The van der Waals surface area contributed by atoms with Crippen molar-refractivity contribution in [3.63, 3.8) is 0 Å². The van der Waals surface area contributed by atoms with E-state index in [0.29, 0.717) is 11.5 Å². The molecule has 0 spiro atoms. The van der Waals surface area contributed by atoms with Crippen molar-refractivity contribution in [1.82, 2.24) is 0 Å². The normalized spacial score (nSPS) is 11.4. The summed E-state index contributed by atoms with van der Waals surface area (Å²) in [4.78, 5) is 0. The zero-order chi connectivity index (χ0) is 27.3. The Balaban J connectivity index is 1.59. The zero-order valence-corrected chi connectivity index (χ0v) is 23.0. The summed E-state index contributed by atoms with van der Waals surface area (Å²) in [6.45, 7) is 8.63. The van der Waals surface area contributed by atoms with E-state index in [1.807, 2.05) is 12.1 Å². The summed E-state index contributed by atoms with van der Waals surface area (Å²) in [5.41, 5.74) is 12.1. The molecule has 3 heteroatoms. The third-order valence-electron chi connectivity index (χ3n) is 7.74. The Hall–Kier alpha value is -4.68. The molecule has 0 saturated carbocycles. The fourth-order valence-electron chi connectivity index (χ4n) is 5.62. The summed E-state index contributed by atoms with van der Waals surface area (Å²) < 4.78 is 8.91. The Morgan fingerprint density at radius 1 is 0.744 bits per heavy atom. The van der Waals surface area contributed by atoms with Gasteiger partial charge in [-0.1, -0.05) is 68.4 Å². The average Bonchev–Trinajstić information content (AvgIpc) is 3.31. The molecule has 0 bridgehead atoms. The van der Waals surface area contributed by atoms with Crippen LogP contribution in [0.3, 0.4) is 0 Å².